The van der Waals surface area contributed by atoms with E-state index in [1.54, 1.807) is 18.2 Å². The summed E-state index contributed by atoms with van der Waals surface area (Å²) in [5, 5.41) is 4.55. The molecule has 0 aliphatic carbocycles. The highest BCUT2D eigenvalue weighted by Gasteiger charge is 2.30. The SMILES string of the molecule is CCCCc1nc2ccc(Br)cc2c(=O)n1N=Cc1cccc(C(F)(F)F)c1. The maximum absolute atomic E-state index is 12.9. The lowest BCUT2D eigenvalue weighted by molar-refractivity contribution is -0.137. The molecule has 3 rings (SSSR count). The number of fused-ring (bicyclic) bond motifs is 1. The van der Waals surface area contributed by atoms with Crippen molar-refractivity contribution in [2.45, 2.75) is 32.4 Å². The Morgan fingerprint density at radius 3 is 2.71 bits per heavy atom. The number of hydrogen-bond donors (Lipinski definition) is 0. The van der Waals surface area contributed by atoms with Crippen molar-refractivity contribution >= 4 is 33.0 Å². The highest BCUT2D eigenvalue weighted by atomic mass is 79.9. The molecule has 3 aromatic rings. The van der Waals surface area contributed by atoms with Gasteiger partial charge in [0.05, 0.1) is 22.7 Å². The van der Waals surface area contributed by atoms with Gasteiger partial charge >= 0.3 is 6.18 Å². The first kappa shape index (κ1) is 20.3. The molecule has 1 heterocycles. The van der Waals surface area contributed by atoms with Crippen LogP contribution in [0.1, 0.15) is 36.7 Å². The lowest BCUT2D eigenvalue weighted by Crippen LogP contribution is -2.22. The van der Waals surface area contributed by atoms with Crippen LogP contribution in [0.2, 0.25) is 0 Å². The van der Waals surface area contributed by atoms with Crippen LogP contribution in [0, 0.1) is 0 Å². The van der Waals surface area contributed by atoms with Crippen molar-refractivity contribution < 1.29 is 13.2 Å². The number of nitrogens with zero attached hydrogens (tertiary/aromatic N) is 3. The Balaban J connectivity index is 2.09. The normalized spacial score (nSPS) is 12.2. The van der Waals surface area contributed by atoms with Gasteiger partial charge in [0.25, 0.3) is 5.56 Å². The zero-order valence-corrected chi connectivity index (χ0v) is 16.6. The quantitative estimate of drug-likeness (QED) is 0.487. The maximum Gasteiger partial charge on any atom is 0.416 e. The summed E-state index contributed by atoms with van der Waals surface area (Å²) in [6.07, 6.45) is -0.932. The van der Waals surface area contributed by atoms with Crippen LogP contribution in [0.5, 0.6) is 0 Å². The molecule has 28 heavy (non-hydrogen) atoms. The topological polar surface area (TPSA) is 47.2 Å². The fraction of sp³-hybridized carbons (Fsp3) is 0.250. The molecule has 1 aromatic heterocycles. The van der Waals surface area contributed by atoms with Gasteiger partial charge in [-0.3, -0.25) is 4.79 Å². The summed E-state index contributed by atoms with van der Waals surface area (Å²) in [7, 11) is 0. The first-order valence-corrected chi connectivity index (χ1v) is 9.51. The zero-order valence-electron chi connectivity index (χ0n) is 15.0. The molecule has 0 amide bonds. The van der Waals surface area contributed by atoms with Crippen LogP contribution in [0.25, 0.3) is 10.9 Å². The van der Waals surface area contributed by atoms with E-state index >= 15 is 0 Å². The fourth-order valence-corrected chi connectivity index (χ4v) is 3.09. The number of hydrogen-bond acceptors (Lipinski definition) is 3. The lowest BCUT2D eigenvalue weighted by Gasteiger charge is -2.09. The predicted molar refractivity (Wildman–Crippen MR) is 107 cm³/mol. The first-order chi connectivity index (χ1) is 13.3. The predicted octanol–water partition coefficient (Wildman–Crippen LogP) is 5.40. The van der Waals surface area contributed by atoms with Crippen LogP contribution >= 0.6 is 15.9 Å². The van der Waals surface area contributed by atoms with Crippen molar-refractivity contribution in [1.82, 2.24) is 9.66 Å². The van der Waals surface area contributed by atoms with Crippen LogP contribution in [-0.2, 0) is 12.6 Å². The van der Waals surface area contributed by atoms with Crippen molar-refractivity contribution in [1.29, 1.82) is 0 Å². The molecule has 0 spiro atoms. The van der Waals surface area contributed by atoms with Gasteiger partial charge in [0.2, 0.25) is 0 Å². The van der Waals surface area contributed by atoms with E-state index in [-0.39, 0.29) is 11.1 Å². The van der Waals surface area contributed by atoms with Gasteiger partial charge in [0.1, 0.15) is 5.82 Å². The Morgan fingerprint density at radius 2 is 2.00 bits per heavy atom. The maximum atomic E-state index is 12.9. The highest BCUT2D eigenvalue weighted by Crippen LogP contribution is 2.29. The molecular formula is C20H17BrF3N3O. The minimum absolute atomic E-state index is 0.248. The molecule has 0 unspecified atom stereocenters. The summed E-state index contributed by atoms with van der Waals surface area (Å²) in [5.41, 5.74) is -0.321. The van der Waals surface area contributed by atoms with Crippen molar-refractivity contribution in [3.05, 3.63) is 74.2 Å². The standard InChI is InChI=1S/C20H17BrF3N3O/c1-2-3-7-18-26-17-9-8-15(21)11-16(17)19(28)27(18)25-12-13-5-4-6-14(10-13)20(22,23)24/h4-6,8-12H,2-3,7H2,1H3. The van der Waals surface area contributed by atoms with E-state index in [1.807, 2.05) is 6.92 Å². The average Bonchev–Trinajstić information content (AvgIpc) is 2.66. The number of aromatic nitrogens is 2. The van der Waals surface area contributed by atoms with Gasteiger partial charge in [-0.1, -0.05) is 41.4 Å². The largest absolute Gasteiger partial charge is 0.416 e. The molecule has 0 aliphatic rings. The lowest BCUT2D eigenvalue weighted by atomic mass is 10.1. The second-order valence-electron chi connectivity index (χ2n) is 6.28. The van der Waals surface area contributed by atoms with Gasteiger partial charge in [0.15, 0.2) is 0 Å². The van der Waals surface area contributed by atoms with Crippen LogP contribution in [0.15, 0.2) is 56.8 Å². The third kappa shape index (κ3) is 4.49. The van der Waals surface area contributed by atoms with Gasteiger partial charge in [-0.2, -0.15) is 22.9 Å². The van der Waals surface area contributed by atoms with Crippen LogP contribution < -0.4 is 5.56 Å². The van der Waals surface area contributed by atoms with Gasteiger partial charge in [-0.05, 0) is 42.3 Å². The molecule has 146 valence electrons. The third-order valence-electron chi connectivity index (χ3n) is 4.17. The Kier molecular flexibility index (Phi) is 5.98. The van der Waals surface area contributed by atoms with Crippen molar-refractivity contribution in [3.8, 4) is 0 Å². The molecular weight excluding hydrogens is 435 g/mol. The molecule has 0 bridgehead atoms. The summed E-state index contributed by atoms with van der Waals surface area (Å²) in [5.74, 6) is 0.477. The molecule has 0 atom stereocenters. The van der Waals surface area contributed by atoms with Gasteiger partial charge in [-0.25, -0.2) is 4.98 Å². The van der Waals surface area contributed by atoms with Crippen LogP contribution in [0.3, 0.4) is 0 Å². The Morgan fingerprint density at radius 1 is 1.21 bits per heavy atom. The monoisotopic (exact) mass is 451 g/mol. The third-order valence-corrected chi connectivity index (χ3v) is 4.66. The molecule has 8 heteroatoms. The van der Waals surface area contributed by atoms with Crippen LogP contribution in [0.4, 0.5) is 13.2 Å². The second kappa shape index (κ2) is 8.26. The number of halogens is 4. The fourth-order valence-electron chi connectivity index (χ4n) is 2.73. The van der Waals surface area contributed by atoms with E-state index in [9.17, 15) is 18.0 Å². The molecule has 0 saturated heterocycles. The van der Waals surface area contributed by atoms with Crippen LogP contribution in [-0.4, -0.2) is 15.9 Å². The molecule has 0 N–H and O–H groups in total. The summed E-state index contributed by atoms with van der Waals surface area (Å²) < 4.78 is 40.6. The van der Waals surface area contributed by atoms with Crippen molar-refractivity contribution in [2.75, 3.05) is 0 Å². The number of aryl methyl sites for hydroxylation is 1. The molecule has 4 nitrogen and oxygen atoms in total. The first-order valence-electron chi connectivity index (χ1n) is 8.72. The zero-order chi connectivity index (χ0) is 20.3. The van der Waals surface area contributed by atoms with Gasteiger partial charge < -0.3 is 0 Å². The summed E-state index contributed by atoms with van der Waals surface area (Å²) in [6, 6.07) is 9.99. The highest BCUT2D eigenvalue weighted by molar-refractivity contribution is 9.10. The van der Waals surface area contributed by atoms with Gasteiger partial charge in [0, 0.05) is 10.9 Å². The van der Waals surface area contributed by atoms with E-state index in [4.69, 9.17) is 0 Å². The number of unbranched alkanes of at least 4 members (excludes halogenated alkanes) is 1. The average molecular weight is 452 g/mol. The van der Waals surface area contributed by atoms with E-state index in [2.05, 4.69) is 26.0 Å². The van der Waals surface area contributed by atoms with E-state index in [1.165, 1.54) is 23.0 Å². The molecule has 0 fully saturated rings. The molecule has 0 saturated carbocycles. The summed E-state index contributed by atoms with van der Waals surface area (Å²) >= 11 is 3.33. The minimum Gasteiger partial charge on any atom is -0.267 e. The van der Waals surface area contributed by atoms with E-state index < -0.39 is 11.7 Å². The van der Waals surface area contributed by atoms with Gasteiger partial charge in [-0.15, -0.1) is 0 Å². The van der Waals surface area contributed by atoms with E-state index in [0.29, 0.717) is 23.1 Å². The Labute approximate surface area is 167 Å². The van der Waals surface area contributed by atoms with Crippen molar-refractivity contribution in [2.24, 2.45) is 5.10 Å². The Bertz CT molecular complexity index is 1090. The smallest absolute Gasteiger partial charge is 0.267 e. The minimum atomic E-state index is -4.44. The molecule has 0 radical (unpaired) electrons. The van der Waals surface area contributed by atoms with E-state index in [0.717, 1.165) is 29.4 Å². The number of alkyl halides is 3. The second-order valence-corrected chi connectivity index (χ2v) is 7.19. The summed E-state index contributed by atoms with van der Waals surface area (Å²) in [4.78, 5) is 17.5. The Hall–Kier alpha value is -2.48. The number of rotatable bonds is 5. The number of benzene rings is 2. The molecule has 2 aromatic carbocycles. The van der Waals surface area contributed by atoms with Crippen molar-refractivity contribution in [3.63, 3.8) is 0 Å². The molecule has 0 aliphatic heterocycles. The summed E-state index contributed by atoms with van der Waals surface area (Å²) in [6.45, 7) is 2.02.